The summed E-state index contributed by atoms with van der Waals surface area (Å²) in [5.41, 5.74) is 4.08. The highest BCUT2D eigenvalue weighted by Gasteiger charge is 2.40. The fourth-order valence-corrected chi connectivity index (χ4v) is 6.21. The zero-order valence-electron chi connectivity index (χ0n) is 19.9. The van der Waals surface area contributed by atoms with E-state index in [-0.39, 0.29) is 12.0 Å². The van der Waals surface area contributed by atoms with E-state index in [2.05, 4.69) is 14.9 Å². The molecule has 0 radical (unpaired) electrons. The van der Waals surface area contributed by atoms with Gasteiger partial charge in [0.1, 0.15) is 12.3 Å². The topological polar surface area (TPSA) is 106 Å². The third-order valence-corrected chi connectivity index (χ3v) is 7.59. The number of imide groups is 1. The van der Waals surface area contributed by atoms with E-state index in [0.717, 1.165) is 38.2 Å². The Kier molecular flexibility index (Phi) is 4.57. The molecule has 3 aromatic carbocycles. The number of carbonyl (C=O) groups is 2. The van der Waals surface area contributed by atoms with Crippen molar-refractivity contribution in [1.82, 2.24) is 14.9 Å². The SMILES string of the molecule is CCO[C@@H]1[C@H](O)C[C@H](n2c3ccccc3c3c4c(c5c6ccccc6[nH]c5c32)C(=O)NC4=O)O[C@H]1C. The number of para-hydroxylation sites is 2. The van der Waals surface area contributed by atoms with Crippen LogP contribution in [-0.4, -0.2) is 51.4 Å². The maximum Gasteiger partial charge on any atom is 0.259 e. The van der Waals surface area contributed by atoms with E-state index in [9.17, 15) is 14.7 Å². The molecule has 8 nitrogen and oxygen atoms in total. The van der Waals surface area contributed by atoms with Gasteiger partial charge in [-0.25, -0.2) is 0 Å². The first-order valence-electron chi connectivity index (χ1n) is 12.3. The molecule has 182 valence electrons. The Balaban J connectivity index is 1.63. The Bertz CT molecular complexity index is 1720. The van der Waals surface area contributed by atoms with Crippen molar-refractivity contribution in [2.75, 3.05) is 6.61 Å². The van der Waals surface area contributed by atoms with Gasteiger partial charge in [-0.3, -0.25) is 14.9 Å². The molecular formula is C28H25N3O5. The van der Waals surface area contributed by atoms with Crippen molar-refractivity contribution in [3.8, 4) is 0 Å². The summed E-state index contributed by atoms with van der Waals surface area (Å²) >= 11 is 0. The van der Waals surface area contributed by atoms with Crippen LogP contribution in [0.2, 0.25) is 0 Å². The fraction of sp³-hybridized carbons (Fsp3) is 0.286. The Morgan fingerprint density at radius 1 is 1.03 bits per heavy atom. The smallest absolute Gasteiger partial charge is 0.259 e. The minimum atomic E-state index is -0.715. The number of aliphatic hydroxyl groups is 1. The number of rotatable bonds is 3. The van der Waals surface area contributed by atoms with E-state index < -0.39 is 24.3 Å². The lowest BCUT2D eigenvalue weighted by molar-refractivity contribution is -0.198. The number of benzene rings is 3. The van der Waals surface area contributed by atoms with Crippen LogP contribution in [0.15, 0.2) is 48.5 Å². The summed E-state index contributed by atoms with van der Waals surface area (Å²) in [5, 5.41) is 16.7. The molecule has 2 amide bonds. The van der Waals surface area contributed by atoms with E-state index in [4.69, 9.17) is 9.47 Å². The van der Waals surface area contributed by atoms with Crippen molar-refractivity contribution in [3.05, 3.63) is 59.7 Å². The van der Waals surface area contributed by atoms with E-state index >= 15 is 0 Å². The number of nitrogens with one attached hydrogen (secondary N) is 2. The van der Waals surface area contributed by atoms with Crippen molar-refractivity contribution in [1.29, 1.82) is 0 Å². The molecular weight excluding hydrogens is 458 g/mol. The van der Waals surface area contributed by atoms with Gasteiger partial charge >= 0.3 is 0 Å². The number of hydrogen-bond acceptors (Lipinski definition) is 5. The molecule has 36 heavy (non-hydrogen) atoms. The summed E-state index contributed by atoms with van der Waals surface area (Å²) in [4.78, 5) is 29.8. The molecule has 0 aliphatic carbocycles. The van der Waals surface area contributed by atoms with Gasteiger partial charge < -0.3 is 24.1 Å². The Morgan fingerprint density at radius 2 is 1.72 bits per heavy atom. The van der Waals surface area contributed by atoms with Crippen molar-refractivity contribution in [2.24, 2.45) is 0 Å². The zero-order chi connectivity index (χ0) is 24.7. The maximum absolute atomic E-state index is 13.2. The molecule has 0 spiro atoms. The van der Waals surface area contributed by atoms with Gasteiger partial charge in [0, 0.05) is 40.1 Å². The molecule has 3 N–H and O–H groups in total. The predicted molar refractivity (Wildman–Crippen MR) is 136 cm³/mol. The number of aromatic nitrogens is 2. The highest BCUT2D eigenvalue weighted by atomic mass is 16.6. The highest BCUT2D eigenvalue weighted by molar-refractivity contribution is 6.39. The minimum Gasteiger partial charge on any atom is -0.390 e. The quantitative estimate of drug-likeness (QED) is 0.330. The van der Waals surface area contributed by atoms with Gasteiger partial charge in [-0.15, -0.1) is 0 Å². The van der Waals surface area contributed by atoms with Gasteiger partial charge in [-0.2, -0.15) is 0 Å². The Labute approximate surface area is 205 Å². The first kappa shape index (κ1) is 21.6. The lowest BCUT2D eigenvalue weighted by Crippen LogP contribution is -2.46. The summed E-state index contributed by atoms with van der Waals surface area (Å²) in [5.74, 6) is -0.787. The van der Waals surface area contributed by atoms with Crippen LogP contribution in [-0.2, 0) is 9.47 Å². The van der Waals surface area contributed by atoms with E-state index in [1.165, 1.54) is 0 Å². The molecule has 8 heteroatoms. The van der Waals surface area contributed by atoms with Crippen molar-refractivity contribution in [2.45, 2.75) is 44.8 Å². The van der Waals surface area contributed by atoms with E-state index in [0.29, 0.717) is 29.5 Å². The third kappa shape index (κ3) is 2.74. The number of hydrogen-bond donors (Lipinski definition) is 3. The van der Waals surface area contributed by atoms with Crippen LogP contribution >= 0.6 is 0 Å². The monoisotopic (exact) mass is 483 g/mol. The van der Waals surface area contributed by atoms with Gasteiger partial charge in [-0.05, 0) is 26.0 Å². The van der Waals surface area contributed by atoms with Crippen LogP contribution in [0.4, 0.5) is 0 Å². The zero-order valence-corrected chi connectivity index (χ0v) is 19.9. The van der Waals surface area contributed by atoms with Crippen molar-refractivity contribution >= 4 is 55.4 Å². The fourth-order valence-electron chi connectivity index (χ4n) is 6.21. The molecule has 0 bridgehead atoms. The second-order valence-corrected chi connectivity index (χ2v) is 9.58. The van der Waals surface area contributed by atoms with Gasteiger partial charge in [0.2, 0.25) is 0 Å². The van der Waals surface area contributed by atoms with E-state index in [1.54, 1.807) is 0 Å². The number of nitrogens with zero attached hydrogens (tertiary/aromatic N) is 1. The number of aliphatic hydroxyl groups excluding tert-OH is 1. The molecule has 2 aliphatic rings. The molecule has 1 saturated heterocycles. The Hall–Kier alpha value is -3.72. The second-order valence-electron chi connectivity index (χ2n) is 9.58. The second kappa shape index (κ2) is 7.64. The standard InChI is InChI=1S/C28H25N3O5/c1-3-35-26-13(2)36-19(12-18(26)32)31-17-11-7-5-9-15(17)21-23-22(27(33)30-28(23)34)20-14-8-4-6-10-16(14)29-24(20)25(21)31/h4-11,13,18-19,26,29,32H,3,12H2,1-2H3,(H,30,33,34)/t13-,18+,19+,26-/m0/s1. The average molecular weight is 484 g/mol. The molecule has 4 heterocycles. The molecule has 2 aromatic heterocycles. The van der Waals surface area contributed by atoms with Crippen LogP contribution < -0.4 is 5.32 Å². The lowest BCUT2D eigenvalue weighted by atomic mass is 9.96. The Morgan fingerprint density at radius 3 is 2.47 bits per heavy atom. The molecule has 1 fully saturated rings. The largest absolute Gasteiger partial charge is 0.390 e. The van der Waals surface area contributed by atoms with Crippen LogP contribution in [0.3, 0.4) is 0 Å². The number of fused-ring (bicyclic) bond motifs is 10. The third-order valence-electron chi connectivity index (χ3n) is 7.59. The molecule has 4 atom stereocenters. The molecule has 0 saturated carbocycles. The van der Waals surface area contributed by atoms with Gasteiger partial charge in [0.05, 0.1) is 39.9 Å². The molecule has 5 aromatic rings. The first-order valence-corrected chi connectivity index (χ1v) is 12.3. The molecule has 2 aliphatic heterocycles. The maximum atomic E-state index is 13.2. The van der Waals surface area contributed by atoms with Crippen molar-refractivity contribution in [3.63, 3.8) is 0 Å². The summed E-state index contributed by atoms with van der Waals surface area (Å²) in [7, 11) is 0. The van der Waals surface area contributed by atoms with Gasteiger partial charge in [-0.1, -0.05) is 36.4 Å². The molecule has 0 unspecified atom stereocenters. The van der Waals surface area contributed by atoms with Gasteiger partial charge in [0.15, 0.2) is 0 Å². The minimum absolute atomic E-state index is 0.326. The van der Waals surface area contributed by atoms with Crippen LogP contribution in [0.25, 0.3) is 43.6 Å². The normalized spacial score (nSPS) is 24.3. The van der Waals surface area contributed by atoms with Crippen LogP contribution in [0.1, 0.15) is 47.2 Å². The average Bonchev–Trinajstić information content (AvgIpc) is 3.50. The highest BCUT2D eigenvalue weighted by Crippen LogP contribution is 2.46. The van der Waals surface area contributed by atoms with Gasteiger partial charge in [0.25, 0.3) is 11.8 Å². The number of H-pyrrole nitrogens is 1. The van der Waals surface area contributed by atoms with Crippen molar-refractivity contribution < 1.29 is 24.2 Å². The number of carbonyl (C=O) groups excluding carboxylic acids is 2. The number of aromatic amines is 1. The number of ether oxygens (including phenoxy) is 2. The first-order chi connectivity index (χ1) is 17.5. The summed E-state index contributed by atoms with van der Waals surface area (Å²) < 4.78 is 14.3. The van der Waals surface area contributed by atoms with Crippen LogP contribution in [0.5, 0.6) is 0 Å². The number of amides is 2. The summed E-state index contributed by atoms with van der Waals surface area (Å²) in [6, 6.07) is 15.6. The molecule has 7 rings (SSSR count). The lowest BCUT2D eigenvalue weighted by Gasteiger charge is -2.39. The summed E-state index contributed by atoms with van der Waals surface area (Å²) in [6.07, 6.45) is -1.64. The van der Waals surface area contributed by atoms with Crippen LogP contribution in [0, 0.1) is 0 Å². The van der Waals surface area contributed by atoms with E-state index in [1.807, 2.05) is 62.4 Å². The predicted octanol–water partition coefficient (Wildman–Crippen LogP) is 4.39. The summed E-state index contributed by atoms with van der Waals surface area (Å²) in [6.45, 7) is 4.30.